The summed E-state index contributed by atoms with van der Waals surface area (Å²) in [6.07, 6.45) is 1.84. The minimum absolute atomic E-state index is 0.768. The Morgan fingerprint density at radius 2 is 1.83 bits per heavy atom. The third kappa shape index (κ3) is 3.41. The number of H-pyrrole nitrogens is 1. The Labute approximate surface area is 175 Å². The van der Waals surface area contributed by atoms with Crippen LogP contribution in [0.25, 0.3) is 21.8 Å². The van der Waals surface area contributed by atoms with E-state index in [1.54, 1.807) is 7.11 Å². The summed E-state index contributed by atoms with van der Waals surface area (Å²) >= 11 is 0. The quantitative estimate of drug-likeness (QED) is 0.526. The Bertz CT molecular complexity index is 1160. The van der Waals surface area contributed by atoms with Gasteiger partial charge in [-0.05, 0) is 49.0 Å². The van der Waals surface area contributed by atoms with Gasteiger partial charge in [-0.1, -0.05) is 6.92 Å². The second-order valence-electron chi connectivity index (χ2n) is 7.60. The van der Waals surface area contributed by atoms with Crippen LogP contribution in [0.15, 0.2) is 48.7 Å². The van der Waals surface area contributed by atoms with Gasteiger partial charge in [0, 0.05) is 48.3 Å². The minimum atomic E-state index is 0.768. The Morgan fingerprint density at radius 1 is 1.03 bits per heavy atom. The highest BCUT2D eigenvalue weighted by molar-refractivity contribution is 6.09. The second-order valence-corrected chi connectivity index (χ2v) is 7.60. The number of pyridine rings is 1. The largest absolute Gasteiger partial charge is 0.497 e. The monoisotopic (exact) mass is 402 g/mol. The first-order valence-corrected chi connectivity index (χ1v) is 10.4. The summed E-state index contributed by atoms with van der Waals surface area (Å²) in [4.78, 5) is 9.76. The van der Waals surface area contributed by atoms with Crippen LogP contribution in [0.3, 0.4) is 0 Å². The third-order valence-electron chi connectivity index (χ3n) is 5.92. The maximum Gasteiger partial charge on any atom is 0.157 e. The Kier molecular flexibility index (Phi) is 4.88. The van der Waals surface area contributed by atoms with Crippen LogP contribution < -0.4 is 15.0 Å². The standard InChI is InChI=1S/C23H26N6O/c1-3-28-10-12-29(13-11-28)17-6-4-16(5-7-17)25-23-22-20(15-24-27-22)19-14-18(30-2)8-9-21(19)26-23/h4-9,14-15H,3,10-13H2,1-2H3,(H,24,27)(H,25,26). The molecule has 30 heavy (non-hydrogen) atoms. The molecule has 5 rings (SSSR count). The molecule has 0 aliphatic carbocycles. The van der Waals surface area contributed by atoms with Crippen molar-refractivity contribution in [3.8, 4) is 5.75 Å². The zero-order valence-electron chi connectivity index (χ0n) is 17.4. The molecule has 1 fully saturated rings. The molecule has 7 heteroatoms. The summed E-state index contributed by atoms with van der Waals surface area (Å²) in [6, 6.07) is 14.5. The number of methoxy groups -OCH3 is 1. The van der Waals surface area contributed by atoms with Gasteiger partial charge in [-0.3, -0.25) is 5.10 Å². The van der Waals surface area contributed by atoms with Gasteiger partial charge in [0.15, 0.2) is 5.82 Å². The van der Waals surface area contributed by atoms with E-state index in [1.165, 1.54) is 5.69 Å². The normalized spacial score (nSPS) is 15.1. The van der Waals surface area contributed by atoms with Crippen LogP contribution in [-0.4, -0.2) is 59.9 Å². The van der Waals surface area contributed by atoms with Gasteiger partial charge in [-0.25, -0.2) is 4.98 Å². The molecule has 2 aromatic carbocycles. The van der Waals surface area contributed by atoms with Gasteiger partial charge in [-0.15, -0.1) is 0 Å². The van der Waals surface area contributed by atoms with Crippen LogP contribution in [0.5, 0.6) is 5.75 Å². The number of piperazine rings is 1. The van der Waals surface area contributed by atoms with E-state index in [0.29, 0.717) is 0 Å². The van der Waals surface area contributed by atoms with Crippen molar-refractivity contribution in [2.45, 2.75) is 6.92 Å². The van der Waals surface area contributed by atoms with E-state index in [9.17, 15) is 0 Å². The van der Waals surface area contributed by atoms with Crippen LogP contribution in [0.1, 0.15) is 6.92 Å². The highest BCUT2D eigenvalue weighted by atomic mass is 16.5. The Morgan fingerprint density at radius 3 is 2.57 bits per heavy atom. The smallest absolute Gasteiger partial charge is 0.157 e. The number of rotatable bonds is 5. The first-order chi connectivity index (χ1) is 14.7. The van der Waals surface area contributed by atoms with Crippen LogP contribution in [-0.2, 0) is 0 Å². The molecule has 1 aliphatic rings. The van der Waals surface area contributed by atoms with Crippen molar-refractivity contribution in [3.63, 3.8) is 0 Å². The number of aromatic nitrogens is 3. The zero-order chi connectivity index (χ0) is 20.5. The van der Waals surface area contributed by atoms with E-state index >= 15 is 0 Å². The second kappa shape index (κ2) is 7.84. The molecule has 1 saturated heterocycles. The van der Waals surface area contributed by atoms with E-state index in [0.717, 1.165) is 71.8 Å². The van der Waals surface area contributed by atoms with E-state index in [4.69, 9.17) is 9.72 Å². The van der Waals surface area contributed by atoms with E-state index < -0.39 is 0 Å². The predicted octanol–water partition coefficient (Wildman–Crippen LogP) is 4.01. The maximum absolute atomic E-state index is 5.37. The highest BCUT2D eigenvalue weighted by Gasteiger charge is 2.16. The number of benzene rings is 2. The summed E-state index contributed by atoms with van der Waals surface area (Å²) < 4.78 is 5.37. The predicted molar refractivity (Wildman–Crippen MR) is 122 cm³/mol. The van der Waals surface area contributed by atoms with Crippen LogP contribution in [0.2, 0.25) is 0 Å². The van der Waals surface area contributed by atoms with Gasteiger partial charge in [-0.2, -0.15) is 5.10 Å². The van der Waals surface area contributed by atoms with E-state index in [-0.39, 0.29) is 0 Å². The molecule has 154 valence electrons. The number of nitrogens with zero attached hydrogens (tertiary/aromatic N) is 4. The molecule has 0 amide bonds. The van der Waals surface area contributed by atoms with E-state index in [2.05, 4.69) is 56.5 Å². The molecule has 0 bridgehead atoms. The number of nitrogens with one attached hydrogen (secondary N) is 2. The van der Waals surface area contributed by atoms with Crippen molar-refractivity contribution in [2.24, 2.45) is 0 Å². The van der Waals surface area contributed by atoms with Gasteiger partial charge in [0.05, 0.1) is 18.8 Å². The average molecular weight is 403 g/mol. The molecule has 0 radical (unpaired) electrons. The molecular weight excluding hydrogens is 376 g/mol. The summed E-state index contributed by atoms with van der Waals surface area (Å²) in [7, 11) is 1.67. The van der Waals surface area contributed by atoms with Gasteiger partial charge in [0.1, 0.15) is 11.3 Å². The molecule has 2 N–H and O–H groups in total. The fraction of sp³-hybridized carbons (Fsp3) is 0.304. The molecule has 0 atom stereocenters. The lowest BCUT2D eigenvalue weighted by molar-refractivity contribution is 0.271. The number of hydrogen-bond donors (Lipinski definition) is 2. The summed E-state index contributed by atoms with van der Waals surface area (Å²) in [5.74, 6) is 1.58. The number of anilines is 3. The lowest BCUT2D eigenvalue weighted by Gasteiger charge is -2.35. The molecule has 0 spiro atoms. The van der Waals surface area contributed by atoms with Crippen molar-refractivity contribution in [1.29, 1.82) is 0 Å². The van der Waals surface area contributed by atoms with Crippen molar-refractivity contribution in [3.05, 3.63) is 48.7 Å². The van der Waals surface area contributed by atoms with Gasteiger partial charge in [0.2, 0.25) is 0 Å². The highest BCUT2D eigenvalue weighted by Crippen LogP contribution is 2.32. The molecule has 4 aromatic rings. The minimum Gasteiger partial charge on any atom is -0.497 e. The lowest BCUT2D eigenvalue weighted by Crippen LogP contribution is -2.46. The molecule has 2 aromatic heterocycles. The lowest BCUT2D eigenvalue weighted by atomic mass is 10.1. The summed E-state index contributed by atoms with van der Waals surface area (Å²) in [5, 5.41) is 12.8. The third-order valence-corrected chi connectivity index (χ3v) is 5.92. The van der Waals surface area contributed by atoms with Crippen molar-refractivity contribution in [1.82, 2.24) is 20.1 Å². The molecule has 3 heterocycles. The molecule has 7 nitrogen and oxygen atoms in total. The summed E-state index contributed by atoms with van der Waals surface area (Å²) in [5.41, 5.74) is 4.05. The topological polar surface area (TPSA) is 69.3 Å². The maximum atomic E-state index is 5.37. The van der Waals surface area contributed by atoms with Crippen LogP contribution in [0.4, 0.5) is 17.2 Å². The first kappa shape index (κ1) is 18.7. The fourth-order valence-corrected chi connectivity index (χ4v) is 4.11. The van der Waals surface area contributed by atoms with Crippen LogP contribution in [0, 0.1) is 0 Å². The fourth-order valence-electron chi connectivity index (χ4n) is 4.11. The number of fused-ring (bicyclic) bond motifs is 3. The average Bonchev–Trinajstić information content (AvgIpc) is 3.30. The number of likely N-dealkylation sites (N-methyl/N-ethyl adjacent to an activating group) is 1. The number of aromatic amines is 1. The molecule has 1 aliphatic heterocycles. The number of hydrogen-bond acceptors (Lipinski definition) is 6. The number of ether oxygens (including phenoxy) is 1. The van der Waals surface area contributed by atoms with E-state index in [1.807, 2.05) is 24.4 Å². The Hall–Kier alpha value is -3.32. The van der Waals surface area contributed by atoms with Crippen molar-refractivity contribution >= 4 is 39.0 Å². The van der Waals surface area contributed by atoms with Crippen molar-refractivity contribution in [2.75, 3.05) is 50.1 Å². The van der Waals surface area contributed by atoms with Gasteiger partial charge < -0.3 is 19.9 Å². The molecular formula is C23H26N6O. The van der Waals surface area contributed by atoms with Gasteiger partial charge >= 0.3 is 0 Å². The Balaban J connectivity index is 1.41. The van der Waals surface area contributed by atoms with Crippen molar-refractivity contribution < 1.29 is 4.74 Å². The summed E-state index contributed by atoms with van der Waals surface area (Å²) in [6.45, 7) is 7.75. The van der Waals surface area contributed by atoms with Crippen LogP contribution >= 0.6 is 0 Å². The first-order valence-electron chi connectivity index (χ1n) is 10.4. The zero-order valence-corrected chi connectivity index (χ0v) is 17.4. The van der Waals surface area contributed by atoms with Gasteiger partial charge in [0.25, 0.3) is 0 Å². The SMILES string of the molecule is CCN1CCN(c2ccc(Nc3nc4ccc(OC)cc4c4cn[nH]c34)cc2)CC1. The molecule has 0 unspecified atom stereocenters. The molecule has 0 saturated carbocycles.